The molecule has 0 aliphatic carbocycles. The van der Waals surface area contributed by atoms with Crippen LogP contribution in [0.25, 0.3) is 0 Å². The number of hydrogen-bond donors (Lipinski definition) is 3. The van der Waals surface area contributed by atoms with E-state index in [9.17, 15) is 9.59 Å². The zero-order valence-electron chi connectivity index (χ0n) is 10.8. The molecule has 0 aromatic carbocycles. The molecular formula is C12H22N2O4. The second-order valence-corrected chi connectivity index (χ2v) is 4.49. The van der Waals surface area contributed by atoms with Crippen LogP contribution >= 0.6 is 0 Å². The van der Waals surface area contributed by atoms with Crippen molar-refractivity contribution in [3.8, 4) is 0 Å². The average Bonchev–Trinajstić information content (AvgIpc) is 2.79. The molecule has 1 aliphatic heterocycles. The molecule has 0 saturated carbocycles. The standard InChI is InChI=1S/C12H22N2O4/c1-2-5-13-10-8-18-7-9(10)12(17)14-6-3-4-11(15)16/h9-10,13H,2-8H2,1H3,(H,14,17)(H,15,16). The Morgan fingerprint density at radius 1 is 1.33 bits per heavy atom. The lowest BCUT2D eigenvalue weighted by Gasteiger charge is -2.18. The Labute approximate surface area is 107 Å². The molecule has 0 aromatic heterocycles. The van der Waals surface area contributed by atoms with Crippen LogP contribution in [-0.2, 0) is 14.3 Å². The maximum absolute atomic E-state index is 11.9. The van der Waals surface area contributed by atoms with Crippen LogP contribution in [0.15, 0.2) is 0 Å². The van der Waals surface area contributed by atoms with Crippen LogP contribution in [0, 0.1) is 5.92 Å². The molecule has 3 N–H and O–H groups in total. The van der Waals surface area contributed by atoms with E-state index in [0.29, 0.717) is 26.2 Å². The van der Waals surface area contributed by atoms with Gasteiger partial charge in [-0.3, -0.25) is 9.59 Å². The molecule has 1 saturated heterocycles. The lowest BCUT2D eigenvalue weighted by Crippen LogP contribution is -2.44. The number of aliphatic carboxylic acids is 1. The number of amides is 1. The zero-order valence-corrected chi connectivity index (χ0v) is 10.8. The third kappa shape index (κ3) is 5.01. The summed E-state index contributed by atoms with van der Waals surface area (Å²) in [5, 5.41) is 14.5. The van der Waals surface area contributed by atoms with Crippen LogP contribution in [0.4, 0.5) is 0 Å². The van der Waals surface area contributed by atoms with Crippen molar-refractivity contribution in [1.82, 2.24) is 10.6 Å². The summed E-state index contributed by atoms with van der Waals surface area (Å²) in [6, 6.07) is 0.0735. The Balaban J connectivity index is 2.24. The first-order chi connectivity index (χ1) is 8.65. The number of hydrogen-bond acceptors (Lipinski definition) is 4. The molecule has 0 spiro atoms. The van der Waals surface area contributed by atoms with E-state index in [1.54, 1.807) is 0 Å². The Morgan fingerprint density at radius 3 is 2.78 bits per heavy atom. The predicted molar refractivity (Wildman–Crippen MR) is 66.3 cm³/mol. The topological polar surface area (TPSA) is 87.7 Å². The molecule has 1 amide bonds. The van der Waals surface area contributed by atoms with Gasteiger partial charge in [-0.15, -0.1) is 0 Å². The van der Waals surface area contributed by atoms with Crippen molar-refractivity contribution in [2.45, 2.75) is 32.2 Å². The summed E-state index contributed by atoms with van der Waals surface area (Å²) in [5.74, 6) is -1.05. The van der Waals surface area contributed by atoms with E-state index in [-0.39, 0.29) is 24.3 Å². The number of carboxylic acid groups (broad SMARTS) is 1. The van der Waals surface area contributed by atoms with Gasteiger partial charge in [0.05, 0.1) is 19.1 Å². The molecule has 18 heavy (non-hydrogen) atoms. The summed E-state index contributed by atoms with van der Waals surface area (Å²) in [6.45, 7) is 4.35. The molecule has 2 unspecified atom stereocenters. The lowest BCUT2D eigenvalue weighted by atomic mass is 10.0. The van der Waals surface area contributed by atoms with Gasteiger partial charge in [-0.05, 0) is 19.4 Å². The summed E-state index contributed by atoms with van der Waals surface area (Å²) < 4.78 is 5.31. The summed E-state index contributed by atoms with van der Waals surface area (Å²) in [4.78, 5) is 22.2. The molecule has 1 aliphatic rings. The minimum atomic E-state index is -0.837. The van der Waals surface area contributed by atoms with Crippen LogP contribution < -0.4 is 10.6 Å². The van der Waals surface area contributed by atoms with Gasteiger partial charge < -0.3 is 20.5 Å². The van der Waals surface area contributed by atoms with E-state index >= 15 is 0 Å². The highest BCUT2D eigenvalue weighted by molar-refractivity contribution is 5.79. The van der Waals surface area contributed by atoms with Crippen molar-refractivity contribution in [3.05, 3.63) is 0 Å². The SMILES string of the molecule is CCCNC1COCC1C(=O)NCCCC(=O)O. The molecule has 1 rings (SSSR count). The number of rotatable bonds is 8. The van der Waals surface area contributed by atoms with E-state index in [1.165, 1.54) is 0 Å². The van der Waals surface area contributed by atoms with Crippen LogP contribution in [0.2, 0.25) is 0 Å². The second kappa shape index (κ2) is 8.05. The quantitative estimate of drug-likeness (QED) is 0.533. The first kappa shape index (κ1) is 14.9. The van der Waals surface area contributed by atoms with Gasteiger partial charge in [0.1, 0.15) is 0 Å². The monoisotopic (exact) mass is 258 g/mol. The number of carboxylic acids is 1. The fourth-order valence-electron chi connectivity index (χ4n) is 1.93. The molecular weight excluding hydrogens is 236 g/mol. The molecule has 104 valence electrons. The maximum atomic E-state index is 11.9. The number of nitrogens with one attached hydrogen (secondary N) is 2. The van der Waals surface area contributed by atoms with E-state index in [1.807, 2.05) is 0 Å². The average molecular weight is 258 g/mol. The van der Waals surface area contributed by atoms with E-state index < -0.39 is 5.97 Å². The van der Waals surface area contributed by atoms with E-state index in [0.717, 1.165) is 13.0 Å². The van der Waals surface area contributed by atoms with Gasteiger partial charge in [-0.2, -0.15) is 0 Å². The van der Waals surface area contributed by atoms with Gasteiger partial charge in [0.2, 0.25) is 5.91 Å². The van der Waals surface area contributed by atoms with E-state index in [4.69, 9.17) is 9.84 Å². The minimum Gasteiger partial charge on any atom is -0.481 e. The smallest absolute Gasteiger partial charge is 0.303 e. The second-order valence-electron chi connectivity index (χ2n) is 4.49. The molecule has 2 atom stereocenters. The Morgan fingerprint density at radius 2 is 2.11 bits per heavy atom. The van der Waals surface area contributed by atoms with Gasteiger partial charge in [-0.25, -0.2) is 0 Å². The first-order valence-corrected chi connectivity index (χ1v) is 6.45. The van der Waals surface area contributed by atoms with Gasteiger partial charge in [0, 0.05) is 19.0 Å². The van der Waals surface area contributed by atoms with Crippen molar-refractivity contribution in [1.29, 1.82) is 0 Å². The summed E-state index contributed by atoms with van der Waals surface area (Å²) >= 11 is 0. The molecule has 0 aromatic rings. The predicted octanol–water partition coefficient (Wildman–Crippen LogP) is -0.0180. The van der Waals surface area contributed by atoms with Gasteiger partial charge in [0.25, 0.3) is 0 Å². The molecule has 0 radical (unpaired) electrons. The fourth-order valence-corrected chi connectivity index (χ4v) is 1.93. The van der Waals surface area contributed by atoms with Crippen molar-refractivity contribution in [3.63, 3.8) is 0 Å². The molecule has 0 bridgehead atoms. The highest BCUT2D eigenvalue weighted by Crippen LogP contribution is 2.13. The van der Waals surface area contributed by atoms with Crippen LogP contribution in [0.1, 0.15) is 26.2 Å². The summed E-state index contributed by atoms with van der Waals surface area (Å²) in [6.07, 6.45) is 1.56. The molecule has 6 heteroatoms. The lowest BCUT2D eigenvalue weighted by molar-refractivity contribution is -0.137. The van der Waals surface area contributed by atoms with Crippen LogP contribution in [0.3, 0.4) is 0 Å². The Bertz CT molecular complexity index is 283. The van der Waals surface area contributed by atoms with Gasteiger partial charge in [0.15, 0.2) is 0 Å². The van der Waals surface area contributed by atoms with Gasteiger partial charge in [-0.1, -0.05) is 6.92 Å². The number of carbonyl (C=O) groups is 2. The van der Waals surface area contributed by atoms with Gasteiger partial charge >= 0.3 is 5.97 Å². The molecule has 6 nitrogen and oxygen atoms in total. The minimum absolute atomic E-state index is 0.0495. The Kier molecular flexibility index (Phi) is 6.67. The summed E-state index contributed by atoms with van der Waals surface area (Å²) in [5.41, 5.74) is 0. The van der Waals surface area contributed by atoms with Crippen molar-refractivity contribution in [2.75, 3.05) is 26.3 Å². The third-order valence-corrected chi connectivity index (χ3v) is 2.94. The van der Waals surface area contributed by atoms with Crippen LogP contribution in [-0.4, -0.2) is 49.3 Å². The number of ether oxygens (including phenoxy) is 1. The largest absolute Gasteiger partial charge is 0.481 e. The maximum Gasteiger partial charge on any atom is 0.303 e. The van der Waals surface area contributed by atoms with Crippen LogP contribution in [0.5, 0.6) is 0 Å². The first-order valence-electron chi connectivity index (χ1n) is 6.45. The van der Waals surface area contributed by atoms with E-state index in [2.05, 4.69) is 17.6 Å². The highest BCUT2D eigenvalue weighted by Gasteiger charge is 2.33. The van der Waals surface area contributed by atoms with Crippen molar-refractivity contribution in [2.24, 2.45) is 5.92 Å². The fraction of sp³-hybridized carbons (Fsp3) is 0.833. The zero-order chi connectivity index (χ0) is 13.4. The number of carbonyl (C=O) groups excluding carboxylic acids is 1. The highest BCUT2D eigenvalue weighted by atomic mass is 16.5. The summed E-state index contributed by atoms with van der Waals surface area (Å²) in [7, 11) is 0. The van der Waals surface area contributed by atoms with Crippen molar-refractivity contribution >= 4 is 11.9 Å². The molecule has 1 fully saturated rings. The normalized spacial score (nSPS) is 22.9. The third-order valence-electron chi connectivity index (χ3n) is 2.94. The Hall–Kier alpha value is -1.14. The molecule has 1 heterocycles. The van der Waals surface area contributed by atoms with Crippen molar-refractivity contribution < 1.29 is 19.4 Å².